The number of rotatable bonds is 1. The Bertz CT molecular complexity index is 1010. The fraction of sp³-hybridized carbons (Fsp3) is 0.130. The summed E-state index contributed by atoms with van der Waals surface area (Å²) in [6.45, 7) is 0.686. The average Bonchev–Trinajstić information content (AvgIpc) is 2.69. The smallest absolute Gasteiger partial charge is 0.125 e. The van der Waals surface area contributed by atoms with Crippen LogP contribution in [0.25, 0.3) is 5.57 Å². The van der Waals surface area contributed by atoms with Crippen LogP contribution in [0.3, 0.4) is 0 Å². The zero-order chi connectivity index (χ0) is 17.6. The lowest BCUT2D eigenvalue weighted by Crippen LogP contribution is -2.40. The first-order valence-electron chi connectivity index (χ1n) is 8.84. The molecule has 128 valence electrons. The molecule has 0 saturated heterocycles. The third kappa shape index (κ3) is 2.41. The summed E-state index contributed by atoms with van der Waals surface area (Å²) < 4.78 is 5.91. The van der Waals surface area contributed by atoms with Crippen molar-refractivity contribution >= 4 is 22.9 Å². The van der Waals surface area contributed by atoms with E-state index < -0.39 is 0 Å². The summed E-state index contributed by atoms with van der Waals surface area (Å²) in [4.78, 5) is 0. The second-order valence-corrected chi connectivity index (χ2v) is 7.24. The van der Waals surface area contributed by atoms with Gasteiger partial charge < -0.3 is 10.1 Å². The van der Waals surface area contributed by atoms with E-state index >= 15 is 0 Å². The number of hydrogen-bond donors (Lipinski definition) is 1. The molecule has 3 aromatic carbocycles. The number of ether oxygens (including phenoxy) is 1. The molecule has 1 spiro atoms. The predicted octanol–water partition coefficient (Wildman–Crippen LogP) is 5.88. The second kappa shape index (κ2) is 5.93. The summed E-state index contributed by atoms with van der Waals surface area (Å²) >= 11 is 6.31. The van der Waals surface area contributed by atoms with Gasteiger partial charge in [0.25, 0.3) is 0 Å². The Morgan fingerprint density at radius 3 is 2.62 bits per heavy atom. The van der Waals surface area contributed by atoms with Crippen LogP contribution in [-0.2, 0) is 5.54 Å². The predicted molar refractivity (Wildman–Crippen MR) is 107 cm³/mol. The summed E-state index contributed by atoms with van der Waals surface area (Å²) in [5, 5.41) is 4.53. The Morgan fingerprint density at radius 1 is 0.923 bits per heavy atom. The molecule has 0 unspecified atom stereocenters. The van der Waals surface area contributed by atoms with E-state index in [9.17, 15) is 0 Å². The number of fused-ring (bicyclic) bond motifs is 3. The maximum atomic E-state index is 6.31. The lowest BCUT2D eigenvalue weighted by atomic mass is 9.77. The van der Waals surface area contributed by atoms with Gasteiger partial charge >= 0.3 is 0 Å². The first-order chi connectivity index (χ1) is 12.8. The number of halogens is 1. The number of hydrogen-bond acceptors (Lipinski definition) is 2. The minimum absolute atomic E-state index is 0.277. The summed E-state index contributed by atoms with van der Waals surface area (Å²) in [6, 6.07) is 24.9. The molecule has 0 aliphatic carbocycles. The van der Waals surface area contributed by atoms with Crippen molar-refractivity contribution in [2.24, 2.45) is 0 Å². The Labute approximate surface area is 158 Å². The molecule has 0 radical (unpaired) electrons. The van der Waals surface area contributed by atoms with Gasteiger partial charge in [-0.2, -0.15) is 0 Å². The van der Waals surface area contributed by atoms with E-state index in [2.05, 4.69) is 53.9 Å². The minimum Gasteiger partial charge on any atom is -0.493 e. The van der Waals surface area contributed by atoms with Gasteiger partial charge in [0.15, 0.2) is 0 Å². The third-order valence-electron chi connectivity index (χ3n) is 5.23. The fourth-order valence-corrected chi connectivity index (χ4v) is 4.17. The highest BCUT2D eigenvalue weighted by Gasteiger charge is 2.39. The molecule has 0 amide bonds. The Kier molecular flexibility index (Phi) is 3.54. The normalized spacial score (nSPS) is 20.4. The zero-order valence-electron chi connectivity index (χ0n) is 14.2. The zero-order valence-corrected chi connectivity index (χ0v) is 15.0. The van der Waals surface area contributed by atoms with Crippen molar-refractivity contribution in [2.45, 2.75) is 12.0 Å². The van der Waals surface area contributed by atoms with Crippen molar-refractivity contribution in [3.8, 4) is 5.75 Å². The van der Waals surface area contributed by atoms with Crippen LogP contribution in [0.5, 0.6) is 5.75 Å². The lowest BCUT2D eigenvalue weighted by Gasteiger charge is -2.42. The van der Waals surface area contributed by atoms with Crippen molar-refractivity contribution in [3.63, 3.8) is 0 Å². The molecule has 2 nitrogen and oxygen atoms in total. The molecule has 2 aliphatic heterocycles. The van der Waals surface area contributed by atoms with Gasteiger partial charge in [-0.25, -0.2) is 0 Å². The van der Waals surface area contributed by atoms with Crippen molar-refractivity contribution in [2.75, 3.05) is 11.9 Å². The van der Waals surface area contributed by atoms with Crippen LogP contribution in [0.15, 0.2) is 78.9 Å². The number of nitrogens with one attached hydrogen (secondary N) is 1. The molecule has 0 fully saturated rings. The maximum Gasteiger partial charge on any atom is 0.125 e. The standard InChI is InChI=1S/C23H18ClNO/c24-17-10-11-21-18(14-17)19(16-6-2-1-3-7-16)15-23(25-21)12-13-26-22-9-5-4-8-20(22)23/h1-11,14-15,25H,12-13H2/t23-/m0/s1. The van der Waals surface area contributed by atoms with Gasteiger partial charge in [0.1, 0.15) is 5.75 Å². The summed E-state index contributed by atoms with van der Waals surface area (Å²) in [5.74, 6) is 0.951. The minimum atomic E-state index is -0.277. The quantitative estimate of drug-likeness (QED) is 0.586. The molecule has 1 atom stereocenters. The number of benzene rings is 3. The Balaban J connectivity index is 1.77. The van der Waals surface area contributed by atoms with Gasteiger partial charge in [0.05, 0.1) is 12.1 Å². The molecule has 2 aliphatic rings. The molecule has 0 aromatic heterocycles. The van der Waals surface area contributed by atoms with Crippen LogP contribution in [0.1, 0.15) is 23.1 Å². The number of para-hydroxylation sites is 1. The van der Waals surface area contributed by atoms with Crippen LogP contribution in [0, 0.1) is 0 Å². The van der Waals surface area contributed by atoms with Crippen LogP contribution < -0.4 is 10.1 Å². The third-order valence-corrected chi connectivity index (χ3v) is 5.46. The molecule has 0 saturated carbocycles. The van der Waals surface area contributed by atoms with Gasteiger partial charge in [-0.15, -0.1) is 0 Å². The Hall–Kier alpha value is -2.71. The summed E-state index contributed by atoms with van der Waals surface area (Å²) in [5.41, 5.74) is 5.55. The van der Waals surface area contributed by atoms with E-state index in [1.165, 1.54) is 16.7 Å². The van der Waals surface area contributed by atoms with Crippen molar-refractivity contribution in [1.82, 2.24) is 0 Å². The van der Waals surface area contributed by atoms with E-state index in [1.807, 2.05) is 30.3 Å². The molecule has 3 heteroatoms. The van der Waals surface area contributed by atoms with Gasteiger partial charge in [-0.3, -0.25) is 0 Å². The largest absolute Gasteiger partial charge is 0.493 e. The molecule has 5 rings (SSSR count). The van der Waals surface area contributed by atoms with Crippen LogP contribution >= 0.6 is 11.6 Å². The maximum absolute atomic E-state index is 6.31. The molecule has 26 heavy (non-hydrogen) atoms. The monoisotopic (exact) mass is 359 g/mol. The van der Waals surface area contributed by atoms with Crippen LogP contribution in [0.2, 0.25) is 5.02 Å². The summed E-state index contributed by atoms with van der Waals surface area (Å²) in [7, 11) is 0. The van der Waals surface area contributed by atoms with Gasteiger partial charge in [-0.1, -0.05) is 60.1 Å². The second-order valence-electron chi connectivity index (χ2n) is 6.80. The molecule has 1 N–H and O–H groups in total. The van der Waals surface area contributed by atoms with E-state index in [4.69, 9.17) is 16.3 Å². The SMILES string of the molecule is Clc1ccc2c(c1)C(c1ccccc1)=C[C@]1(CCOc3ccccc31)N2. The van der Waals surface area contributed by atoms with Crippen molar-refractivity contribution in [1.29, 1.82) is 0 Å². The van der Waals surface area contributed by atoms with Crippen molar-refractivity contribution < 1.29 is 4.74 Å². The first kappa shape index (κ1) is 15.5. The number of anilines is 1. The van der Waals surface area contributed by atoms with E-state index in [0.29, 0.717) is 6.61 Å². The van der Waals surface area contributed by atoms with Crippen molar-refractivity contribution in [3.05, 3.63) is 101 Å². The average molecular weight is 360 g/mol. The van der Waals surface area contributed by atoms with E-state index in [1.54, 1.807) is 0 Å². The highest BCUT2D eigenvalue weighted by molar-refractivity contribution is 6.31. The lowest BCUT2D eigenvalue weighted by molar-refractivity contribution is 0.250. The van der Waals surface area contributed by atoms with Gasteiger partial charge in [0.2, 0.25) is 0 Å². The van der Waals surface area contributed by atoms with Gasteiger partial charge in [-0.05, 0) is 41.5 Å². The summed E-state index contributed by atoms with van der Waals surface area (Å²) in [6.07, 6.45) is 3.23. The van der Waals surface area contributed by atoms with Crippen LogP contribution in [-0.4, -0.2) is 6.61 Å². The van der Waals surface area contributed by atoms with E-state index in [0.717, 1.165) is 28.4 Å². The highest BCUT2D eigenvalue weighted by atomic mass is 35.5. The van der Waals surface area contributed by atoms with Gasteiger partial charge in [0, 0.05) is 28.3 Å². The fourth-order valence-electron chi connectivity index (χ4n) is 4.00. The molecule has 0 bridgehead atoms. The Morgan fingerprint density at radius 2 is 1.73 bits per heavy atom. The highest BCUT2D eigenvalue weighted by Crippen LogP contribution is 2.48. The molecular weight excluding hydrogens is 342 g/mol. The first-order valence-corrected chi connectivity index (χ1v) is 9.22. The molecular formula is C23H18ClNO. The topological polar surface area (TPSA) is 21.3 Å². The van der Waals surface area contributed by atoms with E-state index in [-0.39, 0.29) is 5.54 Å². The van der Waals surface area contributed by atoms with Crippen LogP contribution in [0.4, 0.5) is 5.69 Å². The molecule has 3 aromatic rings. The molecule has 2 heterocycles.